The Labute approximate surface area is 235 Å². The molecular weight excluding hydrogens is 526 g/mol. The van der Waals surface area contributed by atoms with Crippen molar-refractivity contribution < 1.29 is 19.3 Å². The predicted octanol–water partition coefficient (Wildman–Crippen LogP) is 6.29. The molecule has 4 aromatic rings. The summed E-state index contributed by atoms with van der Waals surface area (Å²) in [6.07, 6.45) is 1.60. The van der Waals surface area contributed by atoms with Gasteiger partial charge in [0, 0.05) is 33.8 Å². The van der Waals surface area contributed by atoms with E-state index in [1.807, 2.05) is 31.2 Å². The third-order valence-corrected chi connectivity index (χ3v) is 6.75. The number of nitro groups is 1. The molecule has 0 atom stereocenters. The normalized spacial score (nSPS) is 11.0. The number of nitro benzene ring substituents is 1. The molecule has 200 valence electrons. The van der Waals surface area contributed by atoms with Crippen LogP contribution in [0.15, 0.2) is 114 Å². The van der Waals surface area contributed by atoms with Crippen LogP contribution in [-0.4, -0.2) is 28.3 Å². The van der Waals surface area contributed by atoms with E-state index < -0.39 is 16.7 Å². The number of hydrogen-bond donors (Lipinski definition) is 2. The minimum Gasteiger partial charge on any atom is -0.321 e. The summed E-state index contributed by atoms with van der Waals surface area (Å²) < 4.78 is 0. The Kier molecular flexibility index (Phi) is 9.22. The molecule has 8 nitrogen and oxygen atoms in total. The monoisotopic (exact) mass is 551 g/mol. The standard InChI is InChI=1S/C31H25N3O5S/c1-21-13-15-22(16-14-21)17-28(33-30(36)23-7-3-2-4-8-23)31(37)32-25-10-6-12-27(19-25)40-20-29(35)24-9-5-11-26(18-24)34(38)39/h2-19H,20H2,1H3,(H,32,37)(H,33,36)/b28-17-. The molecule has 0 saturated carbocycles. The molecular formula is C31H25N3O5S. The number of nitrogens with one attached hydrogen (secondary N) is 2. The Morgan fingerprint density at radius 1 is 0.850 bits per heavy atom. The van der Waals surface area contributed by atoms with Crippen molar-refractivity contribution >= 4 is 46.8 Å². The lowest BCUT2D eigenvalue weighted by Gasteiger charge is -2.12. The predicted molar refractivity (Wildman–Crippen MR) is 156 cm³/mol. The summed E-state index contributed by atoms with van der Waals surface area (Å²) in [6.45, 7) is 1.96. The average molecular weight is 552 g/mol. The second kappa shape index (κ2) is 13.2. The van der Waals surface area contributed by atoms with Crippen molar-refractivity contribution in [3.05, 3.63) is 141 Å². The fourth-order valence-corrected chi connectivity index (χ4v) is 4.51. The topological polar surface area (TPSA) is 118 Å². The molecule has 4 aromatic carbocycles. The maximum atomic E-state index is 13.3. The first-order chi connectivity index (χ1) is 19.3. The van der Waals surface area contributed by atoms with E-state index in [2.05, 4.69) is 10.6 Å². The highest BCUT2D eigenvalue weighted by atomic mass is 32.2. The fraction of sp³-hybridized carbons (Fsp3) is 0.0645. The minimum atomic E-state index is -0.542. The van der Waals surface area contributed by atoms with Gasteiger partial charge in [-0.2, -0.15) is 0 Å². The van der Waals surface area contributed by atoms with Crippen LogP contribution in [0.25, 0.3) is 6.08 Å². The van der Waals surface area contributed by atoms with Gasteiger partial charge in [0.1, 0.15) is 5.70 Å². The van der Waals surface area contributed by atoms with Crippen LogP contribution < -0.4 is 10.6 Å². The smallest absolute Gasteiger partial charge is 0.272 e. The van der Waals surface area contributed by atoms with Crippen molar-refractivity contribution in [3.8, 4) is 0 Å². The Morgan fingerprint density at radius 3 is 2.27 bits per heavy atom. The molecule has 0 aromatic heterocycles. The first-order valence-electron chi connectivity index (χ1n) is 12.2. The van der Waals surface area contributed by atoms with Crippen LogP contribution in [0, 0.1) is 17.0 Å². The lowest BCUT2D eigenvalue weighted by atomic mass is 10.1. The summed E-state index contributed by atoms with van der Waals surface area (Å²) in [6, 6.07) is 28.7. The van der Waals surface area contributed by atoms with Gasteiger partial charge in [0.05, 0.1) is 10.7 Å². The highest BCUT2D eigenvalue weighted by Gasteiger charge is 2.16. The summed E-state index contributed by atoms with van der Waals surface area (Å²) >= 11 is 1.24. The number of rotatable bonds is 10. The van der Waals surface area contributed by atoms with Crippen molar-refractivity contribution in [2.24, 2.45) is 0 Å². The molecule has 0 aliphatic carbocycles. The van der Waals surface area contributed by atoms with E-state index in [4.69, 9.17) is 0 Å². The molecule has 0 saturated heterocycles. The molecule has 0 aliphatic heterocycles. The fourth-order valence-electron chi connectivity index (χ4n) is 3.66. The van der Waals surface area contributed by atoms with E-state index in [-0.39, 0.29) is 28.5 Å². The van der Waals surface area contributed by atoms with Crippen molar-refractivity contribution in [2.45, 2.75) is 11.8 Å². The van der Waals surface area contributed by atoms with Gasteiger partial charge in [-0.05, 0) is 48.9 Å². The third-order valence-electron chi connectivity index (χ3n) is 5.76. The second-order valence-corrected chi connectivity index (χ2v) is 9.84. The average Bonchev–Trinajstić information content (AvgIpc) is 2.97. The zero-order chi connectivity index (χ0) is 28.5. The van der Waals surface area contributed by atoms with E-state index in [0.717, 1.165) is 11.1 Å². The summed E-state index contributed by atoms with van der Waals surface area (Å²) in [5.74, 6) is -1.13. The lowest BCUT2D eigenvalue weighted by Crippen LogP contribution is -2.30. The number of benzene rings is 4. The Hall–Kier alpha value is -5.02. The highest BCUT2D eigenvalue weighted by molar-refractivity contribution is 8.00. The molecule has 2 N–H and O–H groups in total. The third kappa shape index (κ3) is 7.75. The molecule has 2 amide bonds. The summed E-state index contributed by atoms with van der Waals surface area (Å²) in [5, 5.41) is 16.5. The number of aryl methyl sites for hydroxylation is 1. The summed E-state index contributed by atoms with van der Waals surface area (Å²) in [7, 11) is 0. The highest BCUT2D eigenvalue weighted by Crippen LogP contribution is 2.24. The molecule has 0 spiro atoms. The molecule has 0 heterocycles. The van der Waals surface area contributed by atoms with Gasteiger partial charge in [0.25, 0.3) is 17.5 Å². The van der Waals surface area contributed by atoms with E-state index in [1.54, 1.807) is 60.7 Å². The van der Waals surface area contributed by atoms with Gasteiger partial charge in [-0.3, -0.25) is 24.5 Å². The molecule has 0 unspecified atom stereocenters. The Morgan fingerprint density at radius 2 is 1.55 bits per heavy atom. The van der Waals surface area contributed by atoms with Crippen molar-refractivity contribution in [3.63, 3.8) is 0 Å². The number of carbonyl (C=O) groups excluding carboxylic acids is 3. The quantitative estimate of drug-likeness (QED) is 0.0786. The number of nitrogens with zero attached hydrogens (tertiary/aromatic N) is 1. The number of amides is 2. The molecule has 0 fully saturated rings. The second-order valence-electron chi connectivity index (χ2n) is 8.79. The summed E-state index contributed by atoms with van der Waals surface area (Å²) in [4.78, 5) is 49.9. The number of non-ortho nitro benzene ring substituents is 1. The largest absolute Gasteiger partial charge is 0.321 e. The van der Waals surface area contributed by atoms with Gasteiger partial charge in [-0.15, -0.1) is 11.8 Å². The van der Waals surface area contributed by atoms with E-state index in [0.29, 0.717) is 16.1 Å². The number of ketones is 1. The molecule has 4 rings (SSSR count). The van der Waals surface area contributed by atoms with E-state index in [1.165, 1.54) is 36.0 Å². The number of thioether (sulfide) groups is 1. The van der Waals surface area contributed by atoms with Crippen LogP contribution in [-0.2, 0) is 4.79 Å². The molecule has 0 radical (unpaired) electrons. The van der Waals surface area contributed by atoms with Gasteiger partial charge in [-0.25, -0.2) is 0 Å². The van der Waals surface area contributed by atoms with Crippen LogP contribution in [0.5, 0.6) is 0 Å². The molecule has 0 aliphatic rings. The number of Topliss-reactive ketones (excluding diaryl/α,β-unsaturated/α-hetero) is 1. The van der Waals surface area contributed by atoms with Gasteiger partial charge in [0.15, 0.2) is 5.78 Å². The van der Waals surface area contributed by atoms with Gasteiger partial charge >= 0.3 is 0 Å². The van der Waals surface area contributed by atoms with Crippen molar-refractivity contribution in [2.75, 3.05) is 11.1 Å². The molecule has 0 bridgehead atoms. The van der Waals surface area contributed by atoms with Gasteiger partial charge in [-0.1, -0.05) is 66.2 Å². The van der Waals surface area contributed by atoms with Crippen molar-refractivity contribution in [1.29, 1.82) is 0 Å². The number of carbonyl (C=O) groups is 3. The number of anilines is 1. The van der Waals surface area contributed by atoms with Gasteiger partial charge in [0.2, 0.25) is 0 Å². The van der Waals surface area contributed by atoms with Crippen LogP contribution in [0.1, 0.15) is 31.8 Å². The lowest BCUT2D eigenvalue weighted by molar-refractivity contribution is -0.384. The first kappa shape index (κ1) is 28.0. The minimum absolute atomic E-state index is 0.0598. The van der Waals surface area contributed by atoms with E-state index >= 15 is 0 Å². The Balaban J connectivity index is 1.48. The molecule has 9 heteroatoms. The van der Waals surface area contributed by atoms with Crippen LogP contribution in [0.4, 0.5) is 11.4 Å². The van der Waals surface area contributed by atoms with Crippen LogP contribution >= 0.6 is 11.8 Å². The van der Waals surface area contributed by atoms with Gasteiger partial charge < -0.3 is 10.6 Å². The van der Waals surface area contributed by atoms with Crippen LogP contribution in [0.3, 0.4) is 0 Å². The summed E-state index contributed by atoms with van der Waals surface area (Å²) in [5.41, 5.74) is 2.87. The van der Waals surface area contributed by atoms with Crippen LogP contribution in [0.2, 0.25) is 0 Å². The zero-order valence-electron chi connectivity index (χ0n) is 21.5. The maximum absolute atomic E-state index is 13.3. The first-order valence-corrected chi connectivity index (χ1v) is 13.2. The molecule has 40 heavy (non-hydrogen) atoms. The zero-order valence-corrected chi connectivity index (χ0v) is 22.3. The Bertz CT molecular complexity index is 1580. The number of hydrogen-bond acceptors (Lipinski definition) is 6. The van der Waals surface area contributed by atoms with E-state index in [9.17, 15) is 24.5 Å². The SMILES string of the molecule is Cc1ccc(/C=C(\NC(=O)c2ccccc2)C(=O)Nc2cccc(SCC(=O)c3cccc([N+](=O)[O-])c3)c2)cc1. The van der Waals surface area contributed by atoms with Crippen molar-refractivity contribution in [1.82, 2.24) is 5.32 Å². The maximum Gasteiger partial charge on any atom is 0.272 e.